The second-order valence-corrected chi connectivity index (χ2v) is 6.53. The highest BCUT2D eigenvalue weighted by Crippen LogP contribution is 2.30. The highest BCUT2D eigenvalue weighted by atomic mass is 16.2. The average Bonchev–Trinajstić information content (AvgIpc) is 3.21. The first-order valence-corrected chi connectivity index (χ1v) is 8.05. The minimum absolute atomic E-state index is 0.101. The molecule has 0 spiro atoms. The molecule has 2 N–H and O–H groups in total. The third-order valence-corrected chi connectivity index (χ3v) is 4.93. The number of amides is 1. The Morgan fingerprint density at radius 1 is 1.29 bits per heavy atom. The van der Waals surface area contributed by atoms with E-state index in [2.05, 4.69) is 20.2 Å². The van der Waals surface area contributed by atoms with Crippen LogP contribution in [0.5, 0.6) is 0 Å². The first-order chi connectivity index (χ1) is 10.3. The average molecular weight is 289 g/mol. The quantitative estimate of drug-likeness (QED) is 0.821. The molecule has 21 heavy (non-hydrogen) atoms. The maximum absolute atomic E-state index is 12.6. The number of piperazine rings is 1. The van der Waals surface area contributed by atoms with Crippen LogP contribution in [-0.4, -0.2) is 64.4 Å². The summed E-state index contributed by atoms with van der Waals surface area (Å²) in [6.07, 6.45) is 5.23. The lowest BCUT2D eigenvalue weighted by Crippen LogP contribution is -2.55. The zero-order valence-corrected chi connectivity index (χ0v) is 12.3. The predicted octanol–water partition coefficient (Wildman–Crippen LogP) is -0.0218. The number of hydrogen-bond acceptors (Lipinski definition) is 4. The lowest BCUT2D eigenvalue weighted by atomic mass is 10.0. The van der Waals surface area contributed by atoms with E-state index in [0.29, 0.717) is 13.0 Å². The Bertz CT molecular complexity index is 516. The first kappa shape index (κ1) is 13.3. The van der Waals surface area contributed by atoms with E-state index in [1.807, 2.05) is 4.90 Å². The van der Waals surface area contributed by atoms with Crippen LogP contribution in [0.2, 0.25) is 0 Å². The van der Waals surface area contributed by atoms with Gasteiger partial charge in [0.25, 0.3) is 0 Å². The molecule has 3 heterocycles. The van der Waals surface area contributed by atoms with Crippen molar-refractivity contribution >= 4 is 5.91 Å². The first-order valence-electron chi connectivity index (χ1n) is 8.05. The molecule has 1 aromatic rings. The van der Waals surface area contributed by atoms with Gasteiger partial charge in [0.05, 0.1) is 23.8 Å². The monoisotopic (exact) mass is 289 g/mol. The number of nitrogens with one attached hydrogen (secondary N) is 2. The molecule has 1 aliphatic carbocycles. The van der Waals surface area contributed by atoms with Crippen molar-refractivity contribution in [2.75, 3.05) is 32.7 Å². The Hall–Kier alpha value is -1.40. The van der Waals surface area contributed by atoms with Crippen molar-refractivity contribution in [3.05, 3.63) is 17.7 Å². The van der Waals surface area contributed by atoms with Crippen molar-refractivity contribution in [1.82, 2.24) is 25.1 Å². The predicted molar refractivity (Wildman–Crippen MR) is 78.7 cm³/mol. The third-order valence-electron chi connectivity index (χ3n) is 4.93. The number of imidazole rings is 1. The Balaban J connectivity index is 1.31. The minimum Gasteiger partial charge on any atom is -0.347 e. The van der Waals surface area contributed by atoms with Crippen LogP contribution in [0.15, 0.2) is 6.33 Å². The van der Waals surface area contributed by atoms with Gasteiger partial charge in [0, 0.05) is 45.7 Å². The van der Waals surface area contributed by atoms with Gasteiger partial charge in [-0.3, -0.25) is 15.0 Å². The third kappa shape index (κ3) is 2.82. The van der Waals surface area contributed by atoms with Crippen LogP contribution in [0, 0.1) is 5.92 Å². The van der Waals surface area contributed by atoms with E-state index in [1.54, 1.807) is 6.33 Å². The summed E-state index contributed by atoms with van der Waals surface area (Å²) in [5.41, 5.74) is 2.16. The molecule has 2 fully saturated rings. The van der Waals surface area contributed by atoms with Crippen molar-refractivity contribution < 1.29 is 4.79 Å². The summed E-state index contributed by atoms with van der Waals surface area (Å²) in [4.78, 5) is 24.6. The van der Waals surface area contributed by atoms with Gasteiger partial charge >= 0.3 is 0 Å². The van der Waals surface area contributed by atoms with E-state index in [1.165, 1.54) is 19.4 Å². The van der Waals surface area contributed by atoms with E-state index in [9.17, 15) is 4.79 Å². The second kappa shape index (κ2) is 5.42. The van der Waals surface area contributed by atoms with Gasteiger partial charge in [-0.05, 0) is 18.8 Å². The minimum atomic E-state index is -0.101. The van der Waals surface area contributed by atoms with Gasteiger partial charge in [0.15, 0.2) is 0 Å². The standard InChI is InChI=1S/C15H23N5O/c21-15(13-7-12-14(8-16-13)18-10-17-12)20-5-3-19(4-6-20)9-11-1-2-11/h10-11,13,16H,1-9H2,(H,17,18). The van der Waals surface area contributed by atoms with Crippen LogP contribution < -0.4 is 5.32 Å². The molecule has 0 aromatic carbocycles. The van der Waals surface area contributed by atoms with Crippen LogP contribution in [0.4, 0.5) is 0 Å². The summed E-state index contributed by atoms with van der Waals surface area (Å²) in [6.45, 7) is 5.76. The van der Waals surface area contributed by atoms with Crippen LogP contribution in [0.25, 0.3) is 0 Å². The zero-order chi connectivity index (χ0) is 14.2. The summed E-state index contributed by atoms with van der Waals surface area (Å²) in [6, 6.07) is -0.101. The summed E-state index contributed by atoms with van der Waals surface area (Å²) >= 11 is 0. The molecule has 1 saturated carbocycles. The van der Waals surface area contributed by atoms with Crippen LogP contribution in [0.3, 0.4) is 0 Å². The normalized spacial score (nSPS) is 26.7. The van der Waals surface area contributed by atoms with Crippen molar-refractivity contribution in [2.24, 2.45) is 5.92 Å². The maximum Gasteiger partial charge on any atom is 0.240 e. The fourth-order valence-corrected chi connectivity index (χ4v) is 3.38. The second-order valence-electron chi connectivity index (χ2n) is 6.53. The van der Waals surface area contributed by atoms with Gasteiger partial charge in [0.1, 0.15) is 0 Å². The molecule has 1 aromatic heterocycles. The maximum atomic E-state index is 12.6. The topological polar surface area (TPSA) is 64.3 Å². The summed E-state index contributed by atoms with van der Waals surface area (Å²) < 4.78 is 0. The van der Waals surface area contributed by atoms with E-state index >= 15 is 0 Å². The SMILES string of the molecule is O=C(C1Cc2nc[nH]c2CN1)N1CCN(CC2CC2)CC1. The Morgan fingerprint density at radius 3 is 2.86 bits per heavy atom. The van der Waals surface area contributed by atoms with Crippen LogP contribution >= 0.6 is 0 Å². The van der Waals surface area contributed by atoms with Gasteiger partial charge in [-0.1, -0.05) is 0 Å². The van der Waals surface area contributed by atoms with Gasteiger partial charge in [-0.2, -0.15) is 0 Å². The molecule has 4 rings (SSSR count). The molecule has 0 bridgehead atoms. The molecule has 1 atom stereocenters. The fourth-order valence-electron chi connectivity index (χ4n) is 3.38. The Labute approximate surface area is 124 Å². The van der Waals surface area contributed by atoms with Gasteiger partial charge < -0.3 is 9.88 Å². The summed E-state index contributed by atoms with van der Waals surface area (Å²) in [5, 5.41) is 3.34. The Kier molecular flexibility index (Phi) is 3.43. The molecule has 1 unspecified atom stereocenters. The van der Waals surface area contributed by atoms with E-state index in [0.717, 1.165) is 43.5 Å². The molecular formula is C15H23N5O. The molecule has 2 aliphatic heterocycles. The smallest absolute Gasteiger partial charge is 0.240 e. The van der Waals surface area contributed by atoms with Crippen molar-refractivity contribution in [3.63, 3.8) is 0 Å². The number of aromatic amines is 1. The molecule has 6 heteroatoms. The van der Waals surface area contributed by atoms with Crippen molar-refractivity contribution in [1.29, 1.82) is 0 Å². The number of aromatic nitrogens is 2. The summed E-state index contributed by atoms with van der Waals surface area (Å²) in [5.74, 6) is 1.18. The van der Waals surface area contributed by atoms with Crippen LogP contribution in [-0.2, 0) is 17.8 Å². The van der Waals surface area contributed by atoms with Gasteiger partial charge in [0.2, 0.25) is 5.91 Å². The number of carbonyl (C=O) groups excluding carboxylic acids is 1. The lowest BCUT2D eigenvalue weighted by molar-refractivity contribution is -0.135. The molecule has 0 radical (unpaired) electrons. The molecule has 114 valence electrons. The largest absolute Gasteiger partial charge is 0.347 e. The highest BCUT2D eigenvalue weighted by molar-refractivity contribution is 5.82. The van der Waals surface area contributed by atoms with Gasteiger partial charge in [-0.25, -0.2) is 4.98 Å². The fraction of sp³-hybridized carbons (Fsp3) is 0.733. The van der Waals surface area contributed by atoms with Gasteiger partial charge in [-0.15, -0.1) is 0 Å². The molecule has 6 nitrogen and oxygen atoms in total. The van der Waals surface area contributed by atoms with Crippen molar-refractivity contribution in [2.45, 2.75) is 31.8 Å². The van der Waals surface area contributed by atoms with E-state index in [4.69, 9.17) is 0 Å². The van der Waals surface area contributed by atoms with Crippen LogP contribution in [0.1, 0.15) is 24.2 Å². The lowest BCUT2D eigenvalue weighted by Gasteiger charge is -2.37. The molecule has 3 aliphatic rings. The number of rotatable bonds is 3. The number of fused-ring (bicyclic) bond motifs is 1. The molecule has 1 amide bonds. The van der Waals surface area contributed by atoms with E-state index < -0.39 is 0 Å². The van der Waals surface area contributed by atoms with Crippen molar-refractivity contribution in [3.8, 4) is 0 Å². The number of H-pyrrole nitrogens is 1. The number of nitrogens with zero attached hydrogens (tertiary/aromatic N) is 3. The zero-order valence-electron chi connectivity index (χ0n) is 12.3. The molecular weight excluding hydrogens is 266 g/mol. The highest BCUT2D eigenvalue weighted by Gasteiger charge is 2.32. The van der Waals surface area contributed by atoms with E-state index in [-0.39, 0.29) is 11.9 Å². The number of hydrogen-bond donors (Lipinski definition) is 2. The number of carbonyl (C=O) groups is 1. The Morgan fingerprint density at radius 2 is 2.10 bits per heavy atom. The summed E-state index contributed by atoms with van der Waals surface area (Å²) in [7, 11) is 0. The molecule has 1 saturated heterocycles.